The van der Waals surface area contributed by atoms with Crippen molar-refractivity contribution in [1.82, 2.24) is 14.7 Å². The first kappa shape index (κ1) is 19.4. The number of carbonyl (C=O) groups is 1. The largest absolute Gasteiger partial charge is 0.434 e. The van der Waals surface area contributed by atoms with Gasteiger partial charge in [0.1, 0.15) is 0 Å². The van der Waals surface area contributed by atoms with Gasteiger partial charge in [-0.15, -0.1) is 0 Å². The van der Waals surface area contributed by atoms with E-state index < -0.39 is 35.5 Å². The van der Waals surface area contributed by atoms with Crippen LogP contribution >= 0.6 is 0 Å². The SMILES string of the molecule is Cc1ccc(-n2ncc(C(=O)N3C[C@H](CO)OC[C@H]3C)c2C(F)(F)F)cc1. The van der Waals surface area contributed by atoms with Crippen molar-refractivity contribution in [3.63, 3.8) is 0 Å². The molecule has 9 heteroatoms. The van der Waals surface area contributed by atoms with Gasteiger partial charge in [0.25, 0.3) is 5.91 Å². The Morgan fingerprint density at radius 2 is 2.00 bits per heavy atom. The van der Waals surface area contributed by atoms with Crippen molar-refractivity contribution in [2.24, 2.45) is 0 Å². The second-order valence-corrected chi connectivity index (χ2v) is 6.60. The smallest absolute Gasteiger partial charge is 0.394 e. The van der Waals surface area contributed by atoms with Gasteiger partial charge in [-0.05, 0) is 26.0 Å². The summed E-state index contributed by atoms with van der Waals surface area (Å²) in [5.74, 6) is -0.782. The summed E-state index contributed by atoms with van der Waals surface area (Å²) in [6.07, 6.45) is -4.44. The molecule has 6 nitrogen and oxygen atoms in total. The molecule has 2 heterocycles. The number of hydrogen-bond donors (Lipinski definition) is 1. The molecule has 1 aromatic carbocycles. The maximum absolute atomic E-state index is 13.8. The van der Waals surface area contributed by atoms with Crippen LogP contribution in [0, 0.1) is 6.92 Å². The van der Waals surface area contributed by atoms with Gasteiger partial charge < -0.3 is 14.7 Å². The number of halogens is 3. The minimum absolute atomic E-state index is 0.0174. The van der Waals surface area contributed by atoms with Crippen molar-refractivity contribution in [3.8, 4) is 5.69 Å². The van der Waals surface area contributed by atoms with Crippen LogP contribution in [-0.4, -0.2) is 57.6 Å². The number of ether oxygens (including phenoxy) is 1. The Labute approximate surface area is 154 Å². The van der Waals surface area contributed by atoms with E-state index in [1.807, 2.05) is 6.92 Å². The van der Waals surface area contributed by atoms with E-state index in [0.29, 0.717) is 0 Å². The second kappa shape index (κ2) is 7.32. The van der Waals surface area contributed by atoms with Crippen LogP contribution in [0.15, 0.2) is 30.5 Å². The number of alkyl halides is 3. The van der Waals surface area contributed by atoms with Crippen molar-refractivity contribution in [2.75, 3.05) is 19.8 Å². The van der Waals surface area contributed by atoms with Crippen LogP contribution in [0.2, 0.25) is 0 Å². The van der Waals surface area contributed by atoms with Gasteiger partial charge in [-0.25, -0.2) is 4.68 Å². The zero-order valence-electron chi connectivity index (χ0n) is 14.9. The third-order valence-electron chi connectivity index (χ3n) is 4.52. The van der Waals surface area contributed by atoms with Crippen LogP contribution in [0.25, 0.3) is 5.69 Å². The van der Waals surface area contributed by atoms with E-state index in [4.69, 9.17) is 4.74 Å². The molecule has 1 aliphatic rings. The summed E-state index contributed by atoms with van der Waals surface area (Å²) in [4.78, 5) is 14.2. The summed E-state index contributed by atoms with van der Waals surface area (Å²) in [6.45, 7) is 3.35. The first-order valence-electron chi connectivity index (χ1n) is 8.48. The molecule has 0 aliphatic carbocycles. The quantitative estimate of drug-likeness (QED) is 0.884. The molecule has 1 fully saturated rings. The fraction of sp³-hybridized carbons (Fsp3) is 0.444. The van der Waals surface area contributed by atoms with E-state index in [9.17, 15) is 23.1 Å². The molecular formula is C18H20F3N3O3. The van der Waals surface area contributed by atoms with Gasteiger partial charge in [0.2, 0.25) is 0 Å². The van der Waals surface area contributed by atoms with Gasteiger partial charge in [-0.2, -0.15) is 18.3 Å². The Morgan fingerprint density at radius 1 is 1.33 bits per heavy atom. The Morgan fingerprint density at radius 3 is 2.59 bits per heavy atom. The van der Waals surface area contributed by atoms with Crippen molar-refractivity contribution in [3.05, 3.63) is 47.3 Å². The number of hydrogen-bond acceptors (Lipinski definition) is 4. The number of aliphatic hydroxyl groups is 1. The van der Waals surface area contributed by atoms with Gasteiger partial charge in [-0.3, -0.25) is 4.79 Å². The van der Waals surface area contributed by atoms with E-state index in [1.54, 1.807) is 19.1 Å². The molecule has 146 valence electrons. The van der Waals surface area contributed by atoms with E-state index in [-0.39, 0.29) is 25.4 Å². The van der Waals surface area contributed by atoms with Gasteiger partial charge in [0.05, 0.1) is 42.8 Å². The van der Waals surface area contributed by atoms with E-state index >= 15 is 0 Å². The van der Waals surface area contributed by atoms with Crippen LogP contribution in [0.1, 0.15) is 28.5 Å². The van der Waals surface area contributed by atoms with Crippen molar-refractivity contribution < 1.29 is 27.8 Å². The number of aryl methyl sites for hydroxylation is 1. The molecule has 1 saturated heterocycles. The van der Waals surface area contributed by atoms with Gasteiger partial charge in [-0.1, -0.05) is 17.7 Å². The zero-order valence-corrected chi connectivity index (χ0v) is 14.9. The maximum Gasteiger partial charge on any atom is 0.434 e. The molecule has 1 aliphatic heterocycles. The molecule has 0 saturated carbocycles. The van der Waals surface area contributed by atoms with E-state index in [1.165, 1.54) is 17.0 Å². The Hall–Kier alpha value is -2.39. The van der Waals surface area contributed by atoms with Crippen molar-refractivity contribution in [1.29, 1.82) is 0 Å². The lowest BCUT2D eigenvalue weighted by molar-refractivity contribution is -0.143. The molecule has 3 rings (SSSR count). The maximum atomic E-state index is 13.8. The number of aromatic nitrogens is 2. The van der Waals surface area contributed by atoms with Crippen LogP contribution in [-0.2, 0) is 10.9 Å². The lowest BCUT2D eigenvalue weighted by Crippen LogP contribution is -2.52. The summed E-state index contributed by atoms with van der Waals surface area (Å²) in [5, 5.41) is 13.1. The molecule has 0 unspecified atom stereocenters. The van der Waals surface area contributed by atoms with Crippen LogP contribution < -0.4 is 0 Å². The molecule has 2 aromatic rings. The number of rotatable bonds is 3. The van der Waals surface area contributed by atoms with Crippen molar-refractivity contribution in [2.45, 2.75) is 32.2 Å². The summed E-state index contributed by atoms with van der Waals surface area (Å²) in [6, 6.07) is 5.98. The second-order valence-electron chi connectivity index (χ2n) is 6.60. The van der Waals surface area contributed by atoms with Crippen molar-refractivity contribution >= 4 is 5.91 Å². The third kappa shape index (κ3) is 3.84. The van der Waals surface area contributed by atoms with E-state index in [0.717, 1.165) is 16.4 Å². The predicted molar refractivity (Wildman–Crippen MR) is 90.6 cm³/mol. The van der Waals surface area contributed by atoms with Gasteiger partial charge >= 0.3 is 6.18 Å². The highest BCUT2D eigenvalue weighted by Crippen LogP contribution is 2.34. The monoisotopic (exact) mass is 383 g/mol. The molecular weight excluding hydrogens is 363 g/mol. The number of aliphatic hydroxyl groups excluding tert-OH is 1. The zero-order chi connectivity index (χ0) is 19.8. The molecule has 1 aromatic heterocycles. The first-order chi connectivity index (χ1) is 12.7. The molecule has 27 heavy (non-hydrogen) atoms. The average molecular weight is 383 g/mol. The minimum Gasteiger partial charge on any atom is -0.394 e. The number of morpholine rings is 1. The lowest BCUT2D eigenvalue weighted by atomic mass is 10.1. The molecule has 2 atom stereocenters. The summed E-state index contributed by atoms with van der Waals surface area (Å²) in [7, 11) is 0. The standard InChI is InChI=1S/C18H20F3N3O3/c1-11-3-5-13(6-4-11)24-16(18(19,20)21)15(7-22-24)17(26)23-8-14(9-25)27-10-12(23)2/h3-7,12,14,25H,8-10H2,1-2H3/t12-,14-/m1/s1. The summed E-state index contributed by atoms with van der Waals surface area (Å²) >= 11 is 0. The van der Waals surface area contributed by atoms with Crippen LogP contribution in [0.4, 0.5) is 13.2 Å². The molecule has 1 amide bonds. The normalized spacial score (nSPS) is 20.7. The topological polar surface area (TPSA) is 67.6 Å². The highest BCUT2D eigenvalue weighted by molar-refractivity contribution is 5.95. The molecule has 0 spiro atoms. The van der Waals surface area contributed by atoms with Crippen LogP contribution in [0.5, 0.6) is 0 Å². The number of nitrogens with zero attached hydrogens (tertiary/aromatic N) is 3. The average Bonchev–Trinajstić information content (AvgIpc) is 3.08. The molecule has 1 N–H and O–H groups in total. The fourth-order valence-electron chi connectivity index (χ4n) is 3.03. The first-order valence-corrected chi connectivity index (χ1v) is 8.48. The lowest BCUT2D eigenvalue weighted by Gasteiger charge is -2.37. The highest BCUT2D eigenvalue weighted by atomic mass is 19.4. The van der Waals surface area contributed by atoms with Crippen LogP contribution in [0.3, 0.4) is 0 Å². The third-order valence-corrected chi connectivity index (χ3v) is 4.52. The fourth-order valence-corrected chi connectivity index (χ4v) is 3.03. The Bertz CT molecular complexity index is 817. The minimum atomic E-state index is -4.77. The van der Waals surface area contributed by atoms with E-state index in [2.05, 4.69) is 5.10 Å². The number of benzene rings is 1. The predicted octanol–water partition coefficient (Wildman–Crippen LogP) is 2.42. The van der Waals surface area contributed by atoms with Gasteiger partial charge in [0.15, 0.2) is 5.69 Å². The molecule has 0 bridgehead atoms. The highest BCUT2D eigenvalue weighted by Gasteiger charge is 2.42. The number of carbonyl (C=O) groups excluding carboxylic acids is 1. The number of amides is 1. The Balaban J connectivity index is 2.02. The van der Waals surface area contributed by atoms with Gasteiger partial charge in [0, 0.05) is 6.54 Å². The summed E-state index contributed by atoms with van der Waals surface area (Å²) < 4.78 is 47.4. The molecule has 0 radical (unpaired) electrons. The summed E-state index contributed by atoms with van der Waals surface area (Å²) in [5.41, 5.74) is -0.521. The Kier molecular flexibility index (Phi) is 5.25.